The van der Waals surface area contributed by atoms with Crippen molar-refractivity contribution in [3.8, 4) is 0 Å². The molecule has 6 nitrogen and oxygen atoms in total. The molecule has 106 valence electrons. The average molecular weight is 266 g/mol. The minimum Gasteiger partial charge on any atom is -0.383 e. The number of anilines is 1. The highest BCUT2D eigenvalue weighted by atomic mass is 16.5. The van der Waals surface area contributed by atoms with Crippen LogP contribution in [-0.4, -0.2) is 42.2 Å². The molecule has 1 unspecified atom stereocenters. The van der Waals surface area contributed by atoms with Crippen molar-refractivity contribution in [1.29, 1.82) is 0 Å². The van der Waals surface area contributed by atoms with E-state index in [2.05, 4.69) is 20.6 Å². The van der Waals surface area contributed by atoms with Crippen LogP contribution in [0.5, 0.6) is 0 Å². The Morgan fingerprint density at radius 2 is 2.21 bits per heavy atom. The molecule has 0 aliphatic heterocycles. The number of aromatic nitrogens is 2. The van der Waals surface area contributed by atoms with Crippen molar-refractivity contribution in [2.75, 3.05) is 25.6 Å². The number of carbonyl (C=O) groups excluding carboxylic acids is 1. The lowest BCUT2D eigenvalue weighted by molar-refractivity contribution is -0.121. The monoisotopic (exact) mass is 266 g/mol. The van der Waals surface area contributed by atoms with E-state index in [9.17, 15) is 4.79 Å². The van der Waals surface area contributed by atoms with Crippen molar-refractivity contribution >= 4 is 11.7 Å². The molecule has 1 aromatic heterocycles. The van der Waals surface area contributed by atoms with Gasteiger partial charge in [-0.15, -0.1) is 0 Å². The number of nitrogens with zero attached hydrogens (tertiary/aromatic N) is 2. The number of rotatable bonds is 7. The minimum atomic E-state index is -0.351. The fraction of sp³-hybridized carbons (Fsp3) is 0.615. The van der Waals surface area contributed by atoms with Crippen LogP contribution in [0.1, 0.15) is 25.4 Å². The normalized spacial score (nSPS) is 12.0. The minimum absolute atomic E-state index is 0.0774. The molecule has 2 N–H and O–H groups in total. The van der Waals surface area contributed by atoms with Gasteiger partial charge in [0.1, 0.15) is 17.7 Å². The van der Waals surface area contributed by atoms with Gasteiger partial charge in [0, 0.05) is 25.4 Å². The second-order valence-corrected chi connectivity index (χ2v) is 4.30. The Kier molecular flexibility index (Phi) is 6.21. The lowest BCUT2D eigenvalue weighted by Gasteiger charge is -2.15. The Labute approximate surface area is 114 Å². The molecule has 1 amide bonds. The number of hydrogen-bond donors (Lipinski definition) is 2. The molecule has 6 heteroatoms. The molecule has 1 aromatic rings. The van der Waals surface area contributed by atoms with Crippen molar-refractivity contribution in [3.63, 3.8) is 0 Å². The SMILES string of the molecule is CCc1cc(NC(C)C(=O)NCCOC)nc(C)n1. The Hall–Kier alpha value is -1.69. The highest BCUT2D eigenvalue weighted by Crippen LogP contribution is 2.08. The maximum Gasteiger partial charge on any atom is 0.242 e. The van der Waals surface area contributed by atoms with Gasteiger partial charge in [0.25, 0.3) is 0 Å². The molecule has 0 saturated heterocycles. The molecule has 0 fully saturated rings. The molecule has 0 spiro atoms. The topological polar surface area (TPSA) is 76.1 Å². The maximum absolute atomic E-state index is 11.8. The third-order valence-electron chi connectivity index (χ3n) is 2.62. The van der Waals surface area contributed by atoms with Crippen LogP contribution in [0, 0.1) is 6.92 Å². The summed E-state index contributed by atoms with van der Waals surface area (Å²) in [5, 5.41) is 5.86. The smallest absolute Gasteiger partial charge is 0.242 e. The highest BCUT2D eigenvalue weighted by molar-refractivity contribution is 5.83. The molecule has 0 bridgehead atoms. The first-order valence-corrected chi connectivity index (χ1v) is 6.44. The predicted molar refractivity (Wildman–Crippen MR) is 74.1 cm³/mol. The lowest BCUT2D eigenvalue weighted by Crippen LogP contribution is -2.39. The van der Waals surface area contributed by atoms with Crippen molar-refractivity contribution in [2.24, 2.45) is 0 Å². The van der Waals surface area contributed by atoms with Gasteiger partial charge in [-0.25, -0.2) is 9.97 Å². The fourth-order valence-corrected chi connectivity index (χ4v) is 1.60. The zero-order valence-corrected chi connectivity index (χ0v) is 12.0. The second-order valence-electron chi connectivity index (χ2n) is 4.30. The number of hydrogen-bond acceptors (Lipinski definition) is 5. The summed E-state index contributed by atoms with van der Waals surface area (Å²) in [4.78, 5) is 20.4. The highest BCUT2D eigenvalue weighted by Gasteiger charge is 2.13. The van der Waals surface area contributed by atoms with Crippen molar-refractivity contribution in [1.82, 2.24) is 15.3 Å². The van der Waals surface area contributed by atoms with Crippen LogP contribution >= 0.6 is 0 Å². The summed E-state index contributed by atoms with van der Waals surface area (Å²) in [6.07, 6.45) is 0.840. The number of amides is 1. The van der Waals surface area contributed by atoms with Gasteiger partial charge in [-0.05, 0) is 20.3 Å². The predicted octanol–water partition coefficient (Wildman–Crippen LogP) is 0.910. The van der Waals surface area contributed by atoms with Gasteiger partial charge in [0.05, 0.1) is 6.61 Å². The third-order valence-corrected chi connectivity index (χ3v) is 2.62. The van der Waals surface area contributed by atoms with Gasteiger partial charge < -0.3 is 15.4 Å². The van der Waals surface area contributed by atoms with Gasteiger partial charge in [0.15, 0.2) is 0 Å². The fourth-order valence-electron chi connectivity index (χ4n) is 1.60. The number of nitrogens with one attached hydrogen (secondary N) is 2. The molecule has 19 heavy (non-hydrogen) atoms. The zero-order valence-electron chi connectivity index (χ0n) is 12.0. The average Bonchev–Trinajstić information content (AvgIpc) is 2.38. The summed E-state index contributed by atoms with van der Waals surface area (Å²) in [5.74, 6) is 1.30. The Morgan fingerprint density at radius 3 is 2.84 bits per heavy atom. The van der Waals surface area contributed by atoms with E-state index in [1.54, 1.807) is 14.0 Å². The Balaban J connectivity index is 2.58. The van der Waals surface area contributed by atoms with E-state index in [-0.39, 0.29) is 11.9 Å². The van der Waals surface area contributed by atoms with Gasteiger partial charge in [0.2, 0.25) is 5.91 Å². The molecule has 1 atom stereocenters. The summed E-state index contributed by atoms with van der Waals surface area (Å²) < 4.78 is 4.88. The largest absolute Gasteiger partial charge is 0.383 e. The Bertz CT molecular complexity index is 423. The van der Waals surface area contributed by atoms with Crippen molar-refractivity contribution < 1.29 is 9.53 Å². The van der Waals surface area contributed by atoms with Crippen LogP contribution in [0.15, 0.2) is 6.07 Å². The van der Waals surface area contributed by atoms with Gasteiger partial charge in [-0.3, -0.25) is 4.79 Å². The zero-order chi connectivity index (χ0) is 14.3. The molecule has 1 heterocycles. The molecular weight excluding hydrogens is 244 g/mol. The molecular formula is C13H22N4O2. The van der Waals surface area contributed by atoms with Crippen LogP contribution in [0.2, 0.25) is 0 Å². The van der Waals surface area contributed by atoms with E-state index in [0.29, 0.717) is 24.8 Å². The standard InChI is InChI=1S/C13H22N4O2/c1-5-11-8-12(17-10(3)16-11)15-9(2)13(18)14-6-7-19-4/h8-9H,5-7H2,1-4H3,(H,14,18)(H,15,16,17). The van der Waals surface area contributed by atoms with Crippen molar-refractivity contribution in [3.05, 3.63) is 17.6 Å². The summed E-state index contributed by atoms with van der Waals surface area (Å²) >= 11 is 0. The Morgan fingerprint density at radius 1 is 1.47 bits per heavy atom. The molecule has 1 rings (SSSR count). The van der Waals surface area contributed by atoms with Crippen molar-refractivity contribution in [2.45, 2.75) is 33.2 Å². The van der Waals surface area contributed by atoms with E-state index in [0.717, 1.165) is 12.1 Å². The molecule has 0 radical (unpaired) electrons. The summed E-state index contributed by atoms with van der Waals surface area (Å²) in [6, 6.07) is 1.52. The molecule has 0 aromatic carbocycles. The first-order valence-electron chi connectivity index (χ1n) is 6.44. The summed E-state index contributed by atoms with van der Waals surface area (Å²) in [7, 11) is 1.60. The van der Waals surface area contributed by atoms with Gasteiger partial charge in [-0.2, -0.15) is 0 Å². The first-order chi connectivity index (χ1) is 9.06. The van der Waals surface area contributed by atoms with Gasteiger partial charge >= 0.3 is 0 Å². The van der Waals surface area contributed by atoms with Crippen LogP contribution < -0.4 is 10.6 Å². The van der Waals surface area contributed by atoms with Crippen LogP contribution in [0.25, 0.3) is 0 Å². The number of carbonyl (C=O) groups is 1. The van der Waals surface area contributed by atoms with E-state index >= 15 is 0 Å². The van der Waals surface area contributed by atoms with Crippen LogP contribution in [0.4, 0.5) is 5.82 Å². The molecule has 0 aliphatic rings. The quantitative estimate of drug-likeness (QED) is 0.717. The number of aryl methyl sites for hydroxylation is 2. The van der Waals surface area contributed by atoms with Crippen LogP contribution in [0.3, 0.4) is 0 Å². The van der Waals surface area contributed by atoms with E-state index in [1.807, 2.05) is 19.9 Å². The first kappa shape index (κ1) is 15.4. The molecule has 0 aliphatic carbocycles. The van der Waals surface area contributed by atoms with E-state index < -0.39 is 0 Å². The lowest BCUT2D eigenvalue weighted by atomic mass is 10.2. The van der Waals surface area contributed by atoms with Crippen LogP contribution in [-0.2, 0) is 16.0 Å². The van der Waals surface area contributed by atoms with Gasteiger partial charge in [-0.1, -0.05) is 6.92 Å². The maximum atomic E-state index is 11.8. The van der Waals surface area contributed by atoms with E-state index in [4.69, 9.17) is 4.74 Å². The summed E-state index contributed by atoms with van der Waals surface area (Å²) in [5.41, 5.74) is 0.960. The molecule has 0 saturated carbocycles. The summed E-state index contributed by atoms with van der Waals surface area (Å²) in [6.45, 7) is 6.68. The number of ether oxygens (including phenoxy) is 1. The van der Waals surface area contributed by atoms with E-state index in [1.165, 1.54) is 0 Å². The second kappa shape index (κ2) is 7.68. The third kappa shape index (κ3) is 5.21. The number of methoxy groups -OCH3 is 1.